The first-order valence-corrected chi connectivity index (χ1v) is 10.8. The Morgan fingerprint density at radius 1 is 1.12 bits per heavy atom. The molecule has 1 aliphatic rings. The number of benzene rings is 1. The number of hydrazine groups is 2. The molecule has 1 aromatic heterocycles. The normalized spacial score (nSPS) is 17.0. The lowest BCUT2D eigenvalue weighted by Crippen LogP contribution is -2.58. The van der Waals surface area contributed by atoms with Crippen molar-refractivity contribution < 1.29 is 9.59 Å². The standard InChI is InChI=1S/C23H33N7O2/c1-23(2,3)18-9-16(22(32)28(4)5)10-20(11-18)30(29-8-6-7-19(24)14-29)27-21(31)17-12-25-15-26-13-17/h9-13,15,19H,6-8,14,24H2,1-5H3,(H,27,31)/t19-/m0/s1. The fourth-order valence-corrected chi connectivity index (χ4v) is 3.59. The molecule has 3 rings (SSSR count). The van der Waals surface area contributed by atoms with E-state index in [2.05, 4.69) is 36.2 Å². The number of rotatable bonds is 5. The highest BCUT2D eigenvalue weighted by molar-refractivity contribution is 5.96. The maximum atomic E-state index is 13.0. The molecule has 0 unspecified atom stereocenters. The number of aromatic nitrogens is 2. The van der Waals surface area contributed by atoms with E-state index in [9.17, 15) is 9.59 Å². The molecular weight excluding hydrogens is 406 g/mol. The molecule has 1 fully saturated rings. The van der Waals surface area contributed by atoms with Gasteiger partial charge in [0.05, 0.1) is 11.3 Å². The third kappa shape index (κ3) is 5.60. The molecule has 1 aliphatic heterocycles. The van der Waals surface area contributed by atoms with Crippen LogP contribution in [-0.2, 0) is 5.41 Å². The number of carbonyl (C=O) groups is 2. The molecule has 2 heterocycles. The predicted molar refractivity (Wildman–Crippen MR) is 124 cm³/mol. The molecule has 3 N–H and O–H groups in total. The Morgan fingerprint density at radius 2 is 1.81 bits per heavy atom. The molecule has 1 saturated heterocycles. The Hall–Kier alpha value is -3.04. The Bertz CT molecular complexity index is 957. The zero-order valence-corrected chi connectivity index (χ0v) is 19.5. The second-order valence-electron chi connectivity index (χ2n) is 9.41. The molecule has 2 aromatic rings. The Balaban J connectivity index is 2.07. The van der Waals surface area contributed by atoms with Crippen molar-refractivity contribution in [1.29, 1.82) is 0 Å². The van der Waals surface area contributed by atoms with Crippen LogP contribution in [0.2, 0.25) is 0 Å². The molecule has 9 heteroatoms. The van der Waals surface area contributed by atoms with Gasteiger partial charge in [-0.25, -0.2) is 25.5 Å². The third-order valence-corrected chi connectivity index (χ3v) is 5.43. The van der Waals surface area contributed by atoms with E-state index in [4.69, 9.17) is 5.73 Å². The zero-order valence-electron chi connectivity index (χ0n) is 19.5. The summed E-state index contributed by atoms with van der Waals surface area (Å²) >= 11 is 0. The number of anilines is 1. The number of piperidine rings is 1. The molecule has 172 valence electrons. The lowest BCUT2D eigenvalue weighted by Gasteiger charge is -2.41. The van der Waals surface area contributed by atoms with Gasteiger partial charge in [0.2, 0.25) is 0 Å². The minimum atomic E-state index is -0.341. The highest BCUT2D eigenvalue weighted by atomic mass is 16.2. The molecule has 0 spiro atoms. The van der Waals surface area contributed by atoms with Crippen LogP contribution in [0, 0.1) is 0 Å². The van der Waals surface area contributed by atoms with E-state index in [-0.39, 0.29) is 23.3 Å². The second-order valence-corrected chi connectivity index (χ2v) is 9.41. The van der Waals surface area contributed by atoms with Crippen molar-refractivity contribution >= 4 is 17.5 Å². The minimum absolute atomic E-state index is 0.00288. The van der Waals surface area contributed by atoms with Gasteiger partial charge in [-0.1, -0.05) is 20.8 Å². The largest absolute Gasteiger partial charge is 0.345 e. The van der Waals surface area contributed by atoms with Crippen molar-refractivity contribution in [3.8, 4) is 0 Å². The summed E-state index contributed by atoms with van der Waals surface area (Å²) in [5, 5.41) is 3.73. The number of nitrogens with two attached hydrogens (primary N) is 1. The van der Waals surface area contributed by atoms with Crippen LogP contribution < -0.4 is 16.3 Å². The topological polar surface area (TPSA) is 108 Å². The summed E-state index contributed by atoms with van der Waals surface area (Å²) in [5.74, 6) is -0.443. The van der Waals surface area contributed by atoms with Crippen molar-refractivity contribution in [3.05, 3.63) is 53.6 Å². The van der Waals surface area contributed by atoms with Gasteiger partial charge in [-0.2, -0.15) is 0 Å². The van der Waals surface area contributed by atoms with E-state index >= 15 is 0 Å². The molecule has 0 bridgehead atoms. The third-order valence-electron chi connectivity index (χ3n) is 5.43. The van der Waals surface area contributed by atoms with E-state index in [0.717, 1.165) is 24.9 Å². The van der Waals surface area contributed by atoms with Gasteiger partial charge in [0, 0.05) is 51.2 Å². The minimum Gasteiger partial charge on any atom is -0.345 e. The summed E-state index contributed by atoms with van der Waals surface area (Å²) < 4.78 is 0. The molecule has 32 heavy (non-hydrogen) atoms. The van der Waals surface area contributed by atoms with E-state index in [1.165, 1.54) is 18.7 Å². The van der Waals surface area contributed by atoms with Gasteiger partial charge in [-0.3, -0.25) is 9.59 Å². The Kier molecular flexibility index (Phi) is 7.10. The maximum Gasteiger partial charge on any atom is 0.274 e. The summed E-state index contributed by atoms with van der Waals surface area (Å²) in [6, 6.07) is 5.73. The van der Waals surface area contributed by atoms with Crippen LogP contribution in [0.15, 0.2) is 36.9 Å². The van der Waals surface area contributed by atoms with Crippen LogP contribution in [0.5, 0.6) is 0 Å². The molecule has 2 amide bonds. The van der Waals surface area contributed by atoms with E-state index in [0.29, 0.717) is 23.4 Å². The number of hydrogen-bond donors (Lipinski definition) is 2. The lowest BCUT2D eigenvalue weighted by molar-refractivity contribution is 0.0827. The summed E-state index contributed by atoms with van der Waals surface area (Å²) in [4.78, 5) is 35.3. The Labute approximate surface area is 189 Å². The molecule has 9 nitrogen and oxygen atoms in total. The van der Waals surface area contributed by atoms with Crippen molar-refractivity contribution in [2.45, 2.75) is 45.1 Å². The summed E-state index contributed by atoms with van der Waals surface area (Å²) in [7, 11) is 3.45. The van der Waals surface area contributed by atoms with E-state index < -0.39 is 0 Å². The summed E-state index contributed by atoms with van der Waals surface area (Å²) in [5.41, 5.74) is 11.6. The first-order valence-electron chi connectivity index (χ1n) is 10.8. The molecule has 1 aromatic carbocycles. The van der Waals surface area contributed by atoms with Gasteiger partial charge in [0.15, 0.2) is 0 Å². The SMILES string of the molecule is CN(C)C(=O)c1cc(N(NC(=O)c2cncnc2)N2CCC[C@H](N)C2)cc(C(C)(C)C)c1. The average Bonchev–Trinajstić information content (AvgIpc) is 2.76. The number of nitrogens with zero attached hydrogens (tertiary/aromatic N) is 5. The summed E-state index contributed by atoms with van der Waals surface area (Å²) in [6.45, 7) is 7.60. The average molecular weight is 440 g/mol. The van der Waals surface area contributed by atoms with Gasteiger partial charge in [0.1, 0.15) is 6.33 Å². The quantitative estimate of drug-likeness (QED) is 0.686. The number of carbonyl (C=O) groups excluding carboxylic acids is 2. The molecule has 1 atom stereocenters. The van der Waals surface area contributed by atoms with Gasteiger partial charge in [-0.05, 0) is 42.0 Å². The fraction of sp³-hybridized carbons (Fsp3) is 0.478. The van der Waals surface area contributed by atoms with E-state index in [1.807, 2.05) is 17.1 Å². The predicted octanol–water partition coefficient (Wildman–Crippen LogP) is 1.97. The van der Waals surface area contributed by atoms with Crippen LogP contribution in [0.1, 0.15) is 59.9 Å². The van der Waals surface area contributed by atoms with Gasteiger partial charge < -0.3 is 10.6 Å². The number of hydrogen-bond acceptors (Lipinski definition) is 7. The highest BCUT2D eigenvalue weighted by Crippen LogP contribution is 2.30. The van der Waals surface area contributed by atoms with Crippen LogP contribution in [0.4, 0.5) is 5.69 Å². The molecular formula is C23H33N7O2. The van der Waals surface area contributed by atoms with Gasteiger partial charge in [-0.15, -0.1) is 0 Å². The van der Waals surface area contributed by atoms with Crippen LogP contribution in [-0.4, -0.2) is 64.9 Å². The first-order chi connectivity index (χ1) is 15.1. The van der Waals surface area contributed by atoms with E-state index in [1.54, 1.807) is 30.2 Å². The van der Waals surface area contributed by atoms with Gasteiger partial charge >= 0.3 is 0 Å². The Morgan fingerprint density at radius 3 is 2.41 bits per heavy atom. The van der Waals surface area contributed by atoms with Crippen molar-refractivity contribution in [1.82, 2.24) is 25.3 Å². The second kappa shape index (κ2) is 9.62. The lowest BCUT2D eigenvalue weighted by atomic mass is 9.85. The fourth-order valence-electron chi connectivity index (χ4n) is 3.59. The number of amides is 2. The first kappa shape index (κ1) is 23.6. The maximum absolute atomic E-state index is 13.0. The monoisotopic (exact) mass is 439 g/mol. The van der Waals surface area contributed by atoms with Crippen molar-refractivity contribution in [3.63, 3.8) is 0 Å². The molecule has 0 saturated carbocycles. The highest BCUT2D eigenvalue weighted by Gasteiger charge is 2.27. The van der Waals surface area contributed by atoms with Crippen LogP contribution >= 0.6 is 0 Å². The van der Waals surface area contributed by atoms with Gasteiger partial charge in [0.25, 0.3) is 11.8 Å². The van der Waals surface area contributed by atoms with Crippen LogP contribution in [0.3, 0.4) is 0 Å². The molecule has 0 aliphatic carbocycles. The van der Waals surface area contributed by atoms with Crippen molar-refractivity contribution in [2.75, 3.05) is 32.3 Å². The van der Waals surface area contributed by atoms with Crippen molar-refractivity contribution in [2.24, 2.45) is 5.73 Å². The molecule has 0 radical (unpaired) electrons. The summed E-state index contributed by atoms with van der Waals surface area (Å²) in [6.07, 6.45) is 6.15. The number of nitrogens with one attached hydrogen (secondary N) is 1. The zero-order chi connectivity index (χ0) is 23.5. The van der Waals surface area contributed by atoms with Crippen LogP contribution in [0.25, 0.3) is 0 Å². The smallest absolute Gasteiger partial charge is 0.274 e.